The van der Waals surface area contributed by atoms with Crippen LogP contribution in [0.25, 0.3) is 0 Å². The van der Waals surface area contributed by atoms with E-state index in [2.05, 4.69) is 22.0 Å². The molecule has 2 saturated heterocycles. The fourth-order valence-electron chi connectivity index (χ4n) is 4.04. The first-order valence-electron chi connectivity index (χ1n) is 8.89. The number of carbonyl (C=O) groups excluding carboxylic acids is 1. The smallest absolute Gasteiger partial charge is 0.254 e. The zero-order chi connectivity index (χ0) is 16.4. The van der Waals surface area contributed by atoms with Crippen molar-refractivity contribution >= 4 is 5.91 Å². The predicted octanol–water partition coefficient (Wildman–Crippen LogP) is 2.20. The quantitative estimate of drug-likeness (QED) is 0.909. The van der Waals surface area contributed by atoms with Gasteiger partial charge in [-0.3, -0.25) is 9.69 Å². The Labute approximate surface area is 139 Å². The number of rotatable bonds is 2. The van der Waals surface area contributed by atoms with Crippen LogP contribution in [-0.4, -0.2) is 60.5 Å². The van der Waals surface area contributed by atoms with Gasteiger partial charge in [0.05, 0.1) is 0 Å². The van der Waals surface area contributed by atoms with Crippen molar-refractivity contribution in [2.24, 2.45) is 0 Å². The zero-order valence-corrected chi connectivity index (χ0v) is 14.6. The standard InChI is InChI=1S/C19H29N3O/c1-14-5-4-6-15(2)18(14)19(23)21-10-7-17(8-11-21)22-12-9-20-16(3)13-22/h4-6,16-17,20H,7-13H2,1-3H3. The van der Waals surface area contributed by atoms with Gasteiger partial charge in [-0.1, -0.05) is 18.2 Å². The minimum Gasteiger partial charge on any atom is -0.339 e. The predicted molar refractivity (Wildman–Crippen MR) is 93.9 cm³/mol. The van der Waals surface area contributed by atoms with Crippen LogP contribution in [0.3, 0.4) is 0 Å². The summed E-state index contributed by atoms with van der Waals surface area (Å²) in [5, 5.41) is 3.51. The lowest BCUT2D eigenvalue weighted by Crippen LogP contribution is -2.55. The molecule has 1 aromatic carbocycles. The molecule has 126 valence electrons. The monoisotopic (exact) mass is 315 g/mol. The number of piperazine rings is 1. The van der Waals surface area contributed by atoms with Crippen molar-refractivity contribution in [2.75, 3.05) is 32.7 Å². The number of hydrogen-bond acceptors (Lipinski definition) is 3. The van der Waals surface area contributed by atoms with E-state index in [1.54, 1.807) is 0 Å². The van der Waals surface area contributed by atoms with Crippen LogP contribution in [0.2, 0.25) is 0 Å². The summed E-state index contributed by atoms with van der Waals surface area (Å²) < 4.78 is 0. The van der Waals surface area contributed by atoms with Crippen LogP contribution >= 0.6 is 0 Å². The molecule has 0 aliphatic carbocycles. The topological polar surface area (TPSA) is 35.6 Å². The Kier molecular flexibility index (Phi) is 5.02. The van der Waals surface area contributed by atoms with Crippen molar-refractivity contribution in [1.82, 2.24) is 15.1 Å². The molecule has 1 aromatic rings. The fraction of sp³-hybridized carbons (Fsp3) is 0.632. The summed E-state index contributed by atoms with van der Waals surface area (Å²) in [6.45, 7) is 11.5. The molecule has 0 radical (unpaired) electrons. The summed E-state index contributed by atoms with van der Waals surface area (Å²) in [4.78, 5) is 17.5. The van der Waals surface area contributed by atoms with Gasteiger partial charge in [-0.25, -0.2) is 0 Å². The second-order valence-electron chi connectivity index (χ2n) is 7.14. The number of carbonyl (C=O) groups is 1. The van der Waals surface area contributed by atoms with E-state index in [-0.39, 0.29) is 5.91 Å². The maximum Gasteiger partial charge on any atom is 0.254 e. The third-order valence-corrected chi connectivity index (χ3v) is 5.36. The van der Waals surface area contributed by atoms with Crippen LogP contribution in [-0.2, 0) is 0 Å². The van der Waals surface area contributed by atoms with Crippen molar-refractivity contribution in [3.63, 3.8) is 0 Å². The molecular formula is C19H29N3O. The number of likely N-dealkylation sites (tertiary alicyclic amines) is 1. The summed E-state index contributed by atoms with van der Waals surface area (Å²) >= 11 is 0. The Morgan fingerprint density at radius 1 is 1.13 bits per heavy atom. The summed E-state index contributed by atoms with van der Waals surface area (Å²) in [6, 6.07) is 7.32. The molecule has 1 atom stereocenters. The van der Waals surface area contributed by atoms with E-state index >= 15 is 0 Å². The highest BCUT2D eigenvalue weighted by Crippen LogP contribution is 2.22. The van der Waals surface area contributed by atoms with Crippen molar-refractivity contribution in [3.05, 3.63) is 34.9 Å². The molecule has 3 rings (SSSR count). The molecule has 1 N–H and O–H groups in total. The second kappa shape index (κ2) is 7.02. The van der Waals surface area contributed by atoms with Crippen LogP contribution in [0.5, 0.6) is 0 Å². The number of piperidine rings is 1. The molecule has 2 fully saturated rings. The van der Waals surface area contributed by atoms with Gasteiger partial charge in [-0.15, -0.1) is 0 Å². The summed E-state index contributed by atoms with van der Waals surface area (Å²) in [5.74, 6) is 0.215. The highest BCUT2D eigenvalue weighted by Gasteiger charge is 2.30. The molecule has 4 heteroatoms. The van der Waals surface area contributed by atoms with E-state index in [0.29, 0.717) is 12.1 Å². The Bertz CT molecular complexity index is 543. The van der Waals surface area contributed by atoms with Gasteiger partial charge >= 0.3 is 0 Å². The fourth-order valence-corrected chi connectivity index (χ4v) is 4.04. The van der Waals surface area contributed by atoms with Gasteiger partial charge < -0.3 is 10.2 Å². The first-order chi connectivity index (χ1) is 11.1. The Balaban J connectivity index is 1.61. The molecule has 4 nitrogen and oxygen atoms in total. The number of hydrogen-bond donors (Lipinski definition) is 1. The summed E-state index contributed by atoms with van der Waals surface area (Å²) in [5.41, 5.74) is 3.09. The number of aryl methyl sites for hydroxylation is 2. The first kappa shape index (κ1) is 16.5. The number of nitrogens with zero attached hydrogens (tertiary/aromatic N) is 2. The van der Waals surface area contributed by atoms with E-state index in [1.165, 1.54) is 0 Å². The molecule has 0 saturated carbocycles. The first-order valence-corrected chi connectivity index (χ1v) is 8.89. The van der Waals surface area contributed by atoms with Crippen LogP contribution in [0.4, 0.5) is 0 Å². The second-order valence-corrected chi connectivity index (χ2v) is 7.14. The van der Waals surface area contributed by atoms with Gasteiger partial charge in [0.15, 0.2) is 0 Å². The van der Waals surface area contributed by atoms with Crippen LogP contribution < -0.4 is 5.32 Å². The maximum absolute atomic E-state index is 12.9. The van der Waals surface area contributed by atoms with Crippen LogP contribution in [0.15, 0.2) is 18.2 Å². The average Bonchev–Trinajstić information content (AvgIpc) is 2.55. The van der Waals surface area contributed by atoms with Crippen molar-refractivity contribution in [2.45, 2.75) is 45.7 Å². The van der Waals surface area contributed by atoms with Gasteiger partial charge in [-0.2, -0.15) is 0 Å². The highest BCUT2D eigenvalue weighted by atomic mass is 16.2. The molecule has 1 unspecified atom stereocenters. The molecule has 0 aromatic heterocycles. The van der Waals surface area contributed by atoms with Crippen molar-refractivity contribution < 1.29 is 4.79 Å². The maximum atomic E-state index is 12.9. The number of amides is 1. The van der Waals surface area contributed by atoms with Gasteiger partial charge in [0.2, 0.25) is 0 Å². The normalized spacial score (nSPS) is 24.0. The molecule has 1 amide bonds. The van der Waals surface area contributed by atoms with Gasteiger partial charge in [0, 0.05) is 50.4 Å². The molecule has 0 spiro atoms. The Morgan fingerprint density at radius 3 is 2.39 bits per heavy atom. The van der Waals surface area contributed by atoms with E-state index in [0.717, 1.165) is 62.3 Å². The van der Waals surface area contributed by atoms with Gasteiger partial charge in [-0.05, 0) is 44.7 Å². The minimum absolute atomic E-state index is 0.215. The Morgan fingerprint density at radius 2 is 1.78 bits per heavy atom. The van der Waals surface area contributed by atoms with E-state index < -0.39 is 0 Å². The Hall–Kier alpha value is -1.39. The zero-order valence-electron chi connectivity index (χ0n) is 14.6. The van der Waals surface area contributed by atoms with Gasteiger partial charge in [0.25, 0.3) is 5.91 Å². The summed E-state index contributed by atoms with van der Waals surface area (Å²) in [6.07, 6.45) is 2.20. The van der Waals surface area contributed by atoms with E-state index in [9.17, 15) is 4.79 Å². The molecular weight excluding hydrogens is 286 g/mol. The highest BCUT2D eigenvalue weighted by molar-refractivity contribution is 5.97. The average molecular weight is 315 g/mol. The van der Waals surface area contributed by atoms with Gasteiger partial charge in [0.1, 0.15) is 0 Å². The van der Waals surface area contributed by atoms with Crippen LogP contribution in [0.1, 0.15) is 41.3 Å². The number of nitrogens with one attached hydrogen (secondary N) is 1. The van der Waals surface area contributed by atoms with Crippen LogP contribution in [0, 0.1) is 13.8 Å². The lowest BCUT2D eigenvalue weighted by Gasteiger charge is -2.42. The largest absolute Gasteiger partial charge is 0.339 e. The third kappa shape index (κ3) is 3.59. The molecule has 2 aliphatic heterocycles. The third-order valence-electron chi connectivity index (χ3n) is 5.36. The van der Waals surface area contributed by atoms with Crippen molar-refractivity contribution in [1.29, 1.82) is 0 Å². The molecule has 2 heterocycles. The lowest BCUT2D eigenvalue weighted by molar-refractivity contribution is 0.0573. The summed E-state index contributed by atoms with van der Waals surface area (Å²) in [7, 11) is 0. The molecule has 23 heavy (non-hydrogen) atoms. The molecule has 2 aliphatic rings. The minimum atomic E-state index is 0.215. The molecule has 0 bridgehead atoms. The number of benzene rings is 1. The van der Waals surface area contributed by atoms with Crippen molar-refractivity contribution in [3.8, 4) is 0 Å². The van der Waals surface area contributed by atoms with E-state index in [4.69, 9.17) is 0 Å². The SMILES string of the molecule is Cc1cccc(C)c1C(=O)N1CCC(N2CCNC(C)C2)CC1. The van der Waals surface area contributed by atoms with E-state index in [1.807, 2.05) is 32.0 Å². The lowest BCUT2D eigenvalue weighted by atomic mass is 9.98.